The van der Waals surface area contributed by atoms with Gasteiger partial charge in [-0.2, -0.15) is 13.2 Å². The second-order valence-electron chi connectivity index (χ2n) is 5.25. The highest BCUT2D eigenvalue weighted by atomic mass is 19.4. The summed E-state index contributed by atoms with van der Waals surface area (Å²) in [5, 5.41) is 2.46. The summed E-state index contributed by atoms with van der Waals surface area (Å²) in [5.74, 6) is -0.970. The smallest absolute Gasteiger partial charge is 0.416 e. The third kappa shape index (κ3) is 5.23. The molecule has 0 saturated heterocycles. The molecule has 0 fully saturated rings. The molecule has 0 atom stereocenters. The van der Waals surface area contributed by atoms with Gasteiger partial charge in [0, 0.05) is 6.54 Å². The third-order valence-corrected chi connectivity index (χ3v) is 3.43. The molecule has 5 nitrogen and oxygen atoms in total. The Kier molecular flexibility index (Phi) is 6.21. The summed E-state index contributed by atoms with van der Waals surface area (Å²) in [6.45, 7) is -0.499. The molecule has 1 N–H and O–H groups in total. The maximum atomic E-state index is 12.5. The summed E-state index contributed by atoms with van der Waals surface area (Å²) < 4.78 is 47.4. The van der Waals surface area contributed by atoms with Gasteiger partial charge in [0.1, 0.15) is 11.3 Å². The Morgan fingerprint density at radius 3 is 2.31 bits per heavy atom. The number of hydrogen-bond acceptors (Lipinski definition) is 4. The molecule has 0 saturated carbocycles. The van der Waals surface area contributed by atoms with Crippen molar-refractivity contribution >= 4 is 11.9 Å². The molecule has 0 radical (unpaired) electrons. The van der Waals surface area contributed by atoms with Gasteiger partial charge in [-0.05, 0) is 29.8 Å². The molecule has 0 spiro atoms. The van der Waals surface area contributed by atoms with Crippen LogP contribution in [0.25, 0.3) is 0 Å². The zero-order valence-electron chi connectivity index (χ0n) is 13.8. The SMILES string of the molecule is COc1ccccc1C(=O)OCC(=O)NCc1ccc(C(F)(F)F)cc1. The van der Waals surface area contributed by atoms with E-state index in [2.05, 4.69) is 5.32 Å². The molecule has 0 aliphatic heterocycles. The highest BCUT2D eigenvalue weighted by Crippen LogP contribution is 2.29. The van der Waals surface area contributed by atoms with Gasteiger partial charge in [0.2, 0.25) is 0 Å². The van der Waals surface area contributed by atoms with Crippen LogP contribution in [0.2, 0.25) is 0 Å². The fourth-order valence-corrected chi connectivity index (χ4v) is 2.09. The first-order valence-corrected chi connectivity index (χ1v) is 7.54. The zero-order chi connectivity index (χ0) is 19.2. The number of hydrogen-bond donors (Lipinski definition) is 1. The van der Waals surface area contributed by atoms with E-state index in [1.54, 1.807) is 18.2 Å². The van der Waals surface area contributed by atoms with E-state index in [1.165, 1.54) is 25.3 Å². The predicted octanol–water partition coefficient (Wildman–Crippen LogP) is 3.19. The minimum Gasteiger partial charge on any atom is -0.496 e. The van der Waals surface area contributed by atoms with Crippen molar-refractivity contribution in [3.05, 3.63) is 65.2 Å². The summed E-state index contributed by atoms with van der Waals surface area (Å²) in [6, 6.07) is 10.8. The van der Waals surface area contributed by atoms with E-state index in [4.69, 9.17) is 9.47 Å². The number of rotatable bonds is 6. The van der Waals surface area contributed by atoms with Gasteiger partial charge in [-0.25, -0.2) is 4.79 Å². The van der Waals surface area contributed by atoms with Gasteiger partial charge < -0.3 is 14.8 Å². The highest BCUT2D eigenvalue weighted by molar-refractivity contribution is 5.93. The monoisotopic (exact) mass is 367 g/mol. The number of carbonyl (C=O) groups excluding carboxylic acids is 2. The van der Waals surface area contributed by atoms with E-state index in [0.717, 1.165) is 12.1 Å². The Hall–Kier alpha value is -3.03. The molecule has 138 valence electrons. The van der Waals surface area contributed by atoms with Crippen LogP contribution in [0, 0.1) is 0 Å². The topological polar surface area (TPSA) is 64.6 Å². The fourth-order valence-electron chi connectivity index (χ4n) is 2.09. The van der Waals surface area contributed by atoms with Gasteiger partial charge >= 0.3 is 12.1 Å². The molecule has 2 aromatic rings. The Balaban J connectivity index is 1.83. The number of ether oxygens (including phenoxy) is 2. The molecule has 8 heteroatoms. The summed E-state index contributed by atoms with van der Waals surface area (Å²) in [4.78, 5) is 23.7. The molecule has 2 rings (SSSR count). The van der Waals surface area contributed by atoms with Gasteiger partial charge in [0.15, 0.2) is 6.61 Å². The van der Waals surface area contributed by atoms with Crippen molar-refractivity contribution in [2.24, 2.45) is 0 Å². The van der Waals surface area contributed by atoms with Crippen molar-refractivity contribution in [2.45, 2.75) is 12.7 Å². The first-order valence-electron chi connectivity index (χ1n) is 7.54. The van der Waals surface area contributed by atoms with Crippen molar-refractivity contribution in [3.63, 3.8) is 0 Å². The Bertz CT molecular complexity index is 773. The normalized spacial score (nSPS) is 10.9. The fraction of sp³-hybridized carbons (Fsp3) is 0.222. The largest absolute Gasteiger partial charge is 0.496 e. The number of nitrogens with one attached hydrogen (secondary N) is 1. The first-order chi connectivity index (χ1) is 12.3. The van der Waals surface area contributed by atoms with Gasteiger partial charge in [0.25, 0.3) is 5.91 Å². The lowest BCUT2D eigenvalue weighted by molar-refractivity contribution is -0.137. The van der Waals surface area contributed by atoms with Gasteiger partial charge in [-0.3, -0.25) is 4.79 Å². The number of amides is 1. The number of halogens is 3. The quantitative estimate of drug-likeness (QED) is 0.797. The van der Waals surface area contributed by atoms with Crippen molar-refractivity contribution < 1.29 is 32.2 Å². The van der Waals surface area contributed by atoms with Gasteiger partial charge in [0.05, 0.1) is 12.7 Å². The van der Waals surface area contributed by atoms with Crippen LogP contribution in [0.3, 0.4) is 0 Å². The first kappa shape index (κ1) is 19.3. The van der Waals surface area contributed by atoms with Crippen LogP contribution < -0.4 is 10.1 Å². The van der Waals surface area contributed by atoms with Crippen LogP contribution in [0.4, 0.5) is 13.2 Å². The summed E-state index contributed by atoms with van der Waals surface area (Å²) in [5.41, 5.74) is -0.0914. The van der Waals surface area contributed by atoms with Crippen LogP contribution in [-0.2, 0) is 22.3 Å². The Morgan fingerprint density at radius 2 is 1.69 bits per heavy atom. The average molecular weight is 367 g/mol. The average Bonchev–Trinajstić information content (AvgIpc) is 2.64. The van der Waals surface area contributed by atoms with Crippen LogP contribution in [0.15, 0.2) is 48.5 Å². The molecule has 2 aromatic carbocycles. The van der Waals surface area contributed by atoms with E-state index in [-0.39, 0.29) is 12.1 Å². The number of esters is 1. The molecule has 0 heterocycles. The summed E-state index contributed by atoms with van der Waals surface area (Å²) in [7, 11) is 1.41. The predicted molar refractivity (Wildman–Crippen MR) is 86.6 cm³/mol. The Labute approximate surface area is 147 Å². The van der Waals surface area contributed by atoms with Crippen molar-refractivity contribution in [1.82, 2.24) is 5.32 Å². The summed E-state index contributed by atoms with van der Waals surface area (Å²) in [6.07, 6.45) is -4.41. The molecule has 26 heavy (non-hydrogen) atoms. The van der Waals surface area contributed by atoms with E-state index < -0.39 is 30.2 Å². The number of alkyl halides is 3. The lowest BCUT2D eigenvalue weighted by Gasteiger charge is -2.10. The maximum absolute atomic E-state index is 12.5. The van der Waals surface area contributed by atoms with Gasteiger partial charge in [-0.15, -0.1) is 0 Å². The van der Waals surface area contributed by atoms with Crippen molar-refractivity contribution in [1.29, 1.82) is 0 Å². The molecule has 0 bridgehead atoms. The third-order valence-electron chi connectivity index (χ3n) is 3.43. The van der Waals surface area contributed by atoms with E-state index in [0.29, 0.717) is 11.3 Å². The lowest BCUT2D eigenvalue weighted by Crippen LogP contribution is -2.28. The van der Waals surface area contributed by atoms with Crippen LogP contribution in [-0.4, -0.2) is 25.6 Å². The van der Waals surface area contributed by atoms with Crippen LogP contribution in [0.1, 0.15) is 21.5 Å². The van der Waals surface area contributed by atoms with Crippen molar-refractivity contribution in [2.75, 3.05) is 13.7 Å². The van der Waals surface area contributed by atoms with Crippen LogP contribution >= 0.6 is 0 Å². The van der Waals surface area contributed by atoms with Crippen molar-refractivity contribution in [3.8, 4) is 5.75 Å². The molecular weight excluding hydrogens is 351 g/mol. The van der Waals surface area contributed by atoms with E-state index in [1.807, 2.05) is 0 Å². The summed E-state index contributed by atoms with van der Waals surface area (Å²) >= 11 is 0. The molecular formula is C18H16F3NO4. The standard InChI is InChI=1S/C18H16F3NO4/c1-25-15-5-3-2-4-14(15)17(24)26-11-16(23)22-10-12-6-8-13(9-7-12)18(19,20)21/h2-9H,10-11H2,1H3,(H,22,23). The highest BCUT2D eigenvalue weighted by Gasteiger charge is 2.29. The number of benzene rings is 2. The number of carbonyl (C=O) groups is 2. The zero-order valence-corrected chi connectivity index (χ0v) is 13.8. The van der Waals surface area contributed by atoms with E-state index in [9.17, 15) is 22.8 Å². The van der Waals surface area contributed by atoms with Crippen LogP contribution in [0.5, 0.6) is 5.75 Å². The number of para-hydroxylation sites is 1. The number of methoxy groups -OCH3 is 1. The maximum Gasteiger partial charge on any atom is 0.416 e. The van der Waals surface area contributed by atoms with Gasteiger partial charge in [-0.1, -0.05) is 24.3 Å². The Morgan fingerprint density at radius 1 is 1.04 bits per heavy atom. The molecule has 0 aromatic heterocycles. The van der Waals surface area contributed by atoms with E-state index >= 15 is 0 Å². The second-order valence-corrected chi connectivity index (χ2v) is 5.25. The molecule has 0 aliphatic carbocycles. The minimum absolute atomic E-state index is 0.0170. The second kappa shape index (κ2) is 8.37. The minimum atomic E-state index is -4.41. The molecule has 0 aliphatic rings. The molecule has 0 unspecified atom stereocenters. The molecule has 1 amide bonds. The lowest BCUT2D eigenvalue weighted by atomic mass is 10.1.